The van der Waals surface area contributed by atoms with Gasteiger partial charge in [0.2, 0.25) is 0 Å². The predicted octanol–water partition coefficient (Wildman–Crippen LogP) is 2.75. The van der Waals surface area contributed by atoms with Crippen LogP contribution in [0.4, 0.5) is 0 Å². The fraction of sp³-hybridized carbons (Fsp3) is 0.611. The van der Waals surface area contributed by atoms with Crippen LogP contribution in [0.25, 0.3) is 0 Å². The first-order valence-corrected chi connectivity index (χ1v) is 9.27. The molecule has 0 N–H and O–H groups in total. The van der Waals surface area contributed by atoms with E-state index in [1.807, 2.05) is 0 Å². The van der Waals surface area contributed by atoms with Gasteiger partial charge in [-0.3, -0.25) is 0 Å². The van der Waals surface area contributed by atoms with Crippen LogP contribution >= 0.6 is 15.9 Å². The van der Waals surface area contributed by atoms with Gasteiger partial charge in [-0.1, -0.05) is 15.9 Å². The summed E-state index contributed by atoms with van der Waals surface area (Å²) in [5.74, 6) is -1.83. The molecule has 7 nitrogen and oxygen atoms in total. The van der Waals surface area contributed by atoms with Crippen LogP contribution in [0.2, 0.25) is 0 Å². The van der Waals surface area contributed by atoms with Gasteiger partial charge in [0.05, 0.1) is 0 Å². The maximum absolute atomic E-state index is 12.8. The molecule has 0 unspecified atom stereocenters. The number of esters is 1. The molecule has 8 heteroatoms. The number of fused-ring (bicyclic) bond motifs is 3. The van der Waals surface area contributed by atoms with Gasteiger partial charge in [0, 0.05) is 4.47 Å². The standard InChI is InChI=1S/C18H21BrO7/c1-17(2)23-11-12(24-17)14-16(26-18(3,4)25-14)22-13(11)15(20)21-10-7-5-9(19)6-8-10/h5-8,11-14,16H,1-4H3/t11-,12-,13+,14-,16+/m1/s1. The Hall–Kier alpha value is -1.03. The van der Waals surface area contributed by atoms with Crippen molar-refractivity contribution in [2.75, 3.05) is 0 Å². The molecule has 0 radical (unpaired) electrons. The van der Waals surface area contributed by atoms with E-state index >= 15 is 0 Å². The molecule has 1 aromatic rings. The average molecular weight is 429 g/mol. The number of halogens is 1. The van der Waals surface area contributed by atoms with E-state index < -0.39 is 48.2 Å². The highest BCUT2D eigenvalue weighted by atomic mass is 79.9. The third-order valence-corrected chi connectivity index (χ3v) is 4.95. The summed E-state index contributed by atoms with van der Waals surface area (Å²) < 4.78 is 35.8. The highest BCUT2D eigenvalue weighted by Gasteiger charge is 2.62. The van der Waals surface area contributed by atoms with Crippen molar-refractivity contribution in [3.63, 3.8) is 0 Å². The molecule has 4 rings (SSSR count). The van der Waals surface area contributed by atoms with Crippen LogP contribution in [0.1, 0.15) is 27.7 Å². The molecule has 0 aliphatic carbocycles. The molecule has 0 spiro atoms. The van der Waals surface area contributed by atoms with E-state index in [1.54, 1.807) is 52.0 Å². The third kappa shape index (κ3) is 3.42. The summed E-state index contributed by atoms with van der Waals surface area (Å²) >= 11 is 3.35. The summed E-state index contributed by atoms with van der Waals surface area (Å²) in [5.41, 5.74) is 0. The van der Waals surface area contributed by atoms with Gasteiger partial charge in [-0.25, -0.2) is 4.79 Å². The van der Waals surface area contributed by atoms with E-state index in [9.17, 15) is 4.79 Å². The number of ether oxygens (including phenoxy) is 6. The SMILES string of the molecule is CC1(C)O[C@@H]2[C@@H](O1)[C@@H](C(=O)Oc1ccc(Br)cc1)O[C@H]1OC(C)(C)O[C@@H]12. The Morgan fingerprint density at radius 2 is 1.50 bits per heavy atom. The largest absolute Gasteiger partial charge is 0.425 e. The van der Waals surface area contributed by atoms with E-state index in [0.29, 0.717) is 5.75 Å². The van der Waals surface area contributed by atoms with Gasteiger partial charge in [-0.05, 0) is 52.0 Å². The van der Waals surface area contributed by atoms with E-state index in [4.69, 9.17) is 28.4 Å². The summed E-state index contributed by atoms with van der Waals surface area (Å²) in [7, 11) is 0. The molecule has 0 saturated carbocycles. The Bertz CT molecular complexity index is 702. The molecule has 0 amide bonds. The Balaban J connectivity index is 1.57. The van der Waals surface area contributed by atoms with Crippen molar-refractivity contribution in [3.8, 4) is 5.75 Å². The van der Waals surface area contributed by atoms with Crippen molar-refractivity contribution in [1.29, 1.82) is 0 Å². The Morgan fingerprint density at radius 3 is 2.19 bits per heavy atom. The summed E-state index contributed by atoms with van der Waals surface area (Å²) in [6.45, 7) is 7.16. The van der Waals surface area contributed by atoms with Crippen molar-refractivity contribution in [2.45, 2.75) is 70.0 Å². The number of hydrogen-bond donors (Lipinski definition) is 0. The van der Waals surface area contributed by atoms with Crippen molar-refractivity contribution < 1.29 is 33.2 Å². The number of carbonyl (C=O) groups excluding carboxylic acids is 1. The van der Waals surface area contributed by atoms with E-state index in [2.05, 4.69) is 15.9 Å². The molecular formula is C18H21BrO7. The van der Waals surface area contributed by atoms with Crippen LogP contribution in [0.3, 0.4) is 0 Å². The van der Waals surface area contributed by atoms with Crippen molar-refractivity contribution >= 4 is 21.9 Å². The molecule has 3 fully saturated rings. The zero-order chi connectivity index (χ0) is 18.7. The van der Waals surface area contributed by atoms with Gasteiger partial charge in [-0.2, -0.15) is 0 Å². The Kier molecular flexibility index (Phi) is 4.41. The average Bonchev–Trinajstić information content (AvgIpc) is 3.02. The molecule has 3 aliphatic heterocycles. The minimum absolute atomic E-state index is 0.419. The Labute approximate surface area is 160 Å². The Morgan fingerprint density at radius 1 is 0.923 bits per heavy atom. The smallest absolute Gasteiger partial charge is 0.343 e. The van der Waals surface area contributed by atoms with Gasteiger partial charge < -0.3 is 28.4 Å². The second kappa shape index (κ2) is 6.25. The highest BCUT2D eigenvalue weighted by Crippen LogP contribution is 2.44. The number of hydrogen-bond acceptors (Lipinski definition) is 7. The van der Waals surface area contributed by atoms with Gasteiger partial charge in [0.15, 0.2) is 24.0 Å². The highest BCUT2D eigenvalue weighted by molar-refractivity contribution is 9.10. The minimum atomic E-state index is -0.982. The minimum Gasteiger partial charge on any atom is -0.425 e. The van der Waals surface area contributed by atoms with Crippen molar-refractivity contribution in [2.24, 2.45) is 0 Å². The first kappa shape index (κ1) is 18.3. The molecule has 3 heterocycles. The molecule has 3 saturated heterocycles. The van der Waals surface area contributed by atoms with Crippen molar-refractivity contribution in [3.05, 3.63) is 28.7 Å². The van der Waals surface area contributed by atoms with E-state index in [0.717, 1.165) is 4.47 Å². The van der Waals surface area contributed by atoms with Crippen LogP contribution < -0.4 is 4.74 Å². The van der Waals surface area contributed by atoms with Gasteiger partial charge >= 0.3 is 5.97 Å². The quantitative estimate of drug-likeness (QED) is 0.529. The summed E-state index contributed by atoms with van der Waals surface area (Å²) in [4.78, 5) is 12.8. The second-order valence-electron chi connectivity index (χ2n) is 7.47. The summed E-state index contributed by atoms with van der Waals surface area (Å²) in [6.07, 6.45) is -3.33. The maximum Gasteiger partial charge on any atom is 0.343 e. The molecule has 26 heavy (non-hydrogen) atoms. The maximum atomic E-state index is 12.8. The fourth-order valence-electron chi connectivity index (χ4n) is 3.48. The molecule has 5 atom stereocenters. The summed E-state index contributed by atoms with van der Waals surface area (Å²) in [6, 6.07) is 6.97. The fourth-order valence-corrected chi connectivity index (χ4v) is 3.74. The first-order valence-electron chi connectivity index (χ1n) is 8.48. The van der Waals surface area contributed by atoms with Crippen LogP contribution in [0, 0.1) is 0 Å². The van der Waals surface area contributed by atoms with Gasteiger partial charge in [-0.15, -0.1) is 0 Å². The predicted molar refractivity (Wildman–Crippen MR) is 92.3 cm³/mol. The van der Waals surface area contributed by atoms with Crippen LogP contribution in [-0.2, 0) is 28.5 Å². The third-order valence-electron chi connectivity index (χ3n) is 4.42. The van der Waals surface area contributed by atoms with Gasteiger partial charge in [0.25, 0.3) is 0 Å². The lowest BCUT2D eigenvalue weighted by Crippen LogP contribution is -2.58. The molecule has 1 aromatic carbocycles. The van der Waals surface area contributed by atoms with Crippen molar-refractivity contribution in [1.82, 2.24) is 0 Å². The molecule has 0 aromatic heterocycles. The zero-order valence-electron chi connectivity index (χ0n) is 14.9. The second-order valence-corrected chi connectivity index (χ2v) is 8.38. The number of carbonyl (C=O) groups is 1. The van der Waals surface area contributed by atoms with Crippen LogP contribution in [-0.4, -0.2) is 48.2 Å². The number of benzene rings is 1. The van der Waals surface area contributed by atoms with Gasteiger partial charge in [0.1, 0.15) is 24.1 Å². The first-order chi connectivity index (χ1) is 12.1. The lowest BCUT2D eigenvalue weighted by Gasteiger charge is -2.35. The molecule has 0 bridgehead atoms. The molecule has 3 aliphatic rings. The lowest BCUT2D eigenvalue weighted by atomic mass is 9.99. The summed E-state index contributed by atoms with van der Waals surface area (Å²) in [5, 5.41) is 0. The molecular weight excluding hydrogens is 408 g/mol. The lowest BCUT2D eigenvalue weighted by molar-refractivity contribution is -0.236. The van der Waals surface area contributed by atoms with Crippen LogP contribution in [0.15, 0.2) is 28.7 Å². The monoisotopic (exact) mass is 428 g/mol. The topological polar surface area (TPSA) is 72.5 Å². The molecule has 142 valence electrons. The zero-order valence-corrected chi connectivity index (χ0v) is 16.5. The van der Waals surface area contributed by atoms with E-state index in [1.165, 1.54) is 0 Å². The van der Waals surface area contributed by atoms with Crippen LogP contribution in [0.5, 0.6) is 5.75 Å². The number of rotatable bonds is 2. The normalized spacial score (nSPS) is 37.0. The van der Waals surface area contributed by atoms with E-state index in [-0.39, 0.29) is 0 Å².